The van der Waals surface area contributed by atoms with Crippen LogP contribution in [0.25, 0.3) is 39.2 Å². The predicted molar refractivity (Wildman–Crippen MR) is 161 cm³/mol. The Kier molecular flexibility index (Phi) is 6.49. The molecule has 0 amide bonds. The van der Waals surface area contributed by atoms with Crippen LogP contribution in [0.4, 0.5) is 0 Å². The fourth-order valence-electron chi connectivity index (χ4n) is 6.74. The highest BCUT2D eigenvalue weighted by molar-refractivity contribution is 5.73. The van der Waals surface area contributed by atoms with E-state index >= 15 is 0 Å². The van der Waals surface area contributed by atoms with Crippen molar-refractivity contribution in [2.45, 2.75) is 25.7 Å². The number of fused-ring (bicyclic) bond motifs is 2. The molecule has 0 saturated heterocycles. The first kappa shape index (κ1) is 24.9. The van der Waals surface area contributed by atoms with Crippen LogP contribution >= 0.6 is 0 Å². The first-order valence-electron chi connectivity index (χ1n) is 14.4. The van der Waals surface area contributed by atoms with Crippen LogP contribution in [0.2, 0.25) is 0 Å². The molecule has 200 valence electrons. The maximum atomic E-state index is 9.84. The van der Waals surface area contributed by atoms with Gasteiger partial charge in [0.15, 0.2) is 0 Å². The average molecular weight is 527 g/mol. The van der Waals surface area contributed by atoms with Gasteiger partial charge >= 0.3 is 0 Å². The summed E-state index contributed by atoms with van der Waals surface area (Å²) in [5, 5.41) is 15.1. The molecular formula is C36H34N2O2. The Labute approximate surface area is 235 Å². The quantitative estimate of drug-likeness (QED) is 0.248. The highest BCUT2D eigenvalue weighted by Gasteiger charge is 2.49. The molecule has 1 N–H and O–H groups in total. The van der Waals surface area contributed by atoms with Gasteiger partial charge in [-0.25, -0.2) is 4.68 Å². The monoisotopic (exact) mass is 526 g/mol. The number of benzene rings is 4. The summed E-state index contributed by atoms with van der Waals surface area (Å²) in [5.74, 6) is 2.65. The van der Waals surface area contributed by atoms with Crippen LogP contribution in [-0.2, 0) is 12.8 Å². The maximum absolute atomic E-state index is 9.84. The van der Waals surface area contributed by atoms with E-state index in [9.17, 15) is 5.11 Å². The molecule has 5 aromatic rings. The van der Waals surface area contributed by atoms with Crippen LogP contribution in [-0.4, -0.2) is 28.6 Å². The third-order valence-electron chi connectivity index (χ3n) is 9.03. The summed E-state index contributed by atoms with van der Waals surface area (Å²) in [6, 6.07) is 36.4. The van der Waals surface area contributed by atoms with Gasteiger partial charge in [0.1, 0.15) is 5.75 Å². The van der Waals surface area contributed by atoms with Gasteiger partial charge in [-0.1, -0.05) is 78.9 Å². The number of ether oxygens (including phenoxy) is 1. The van der Waals surface area contributed by atoms with Crippen molar-refractivity contribution in [3.8, 4) is 44.9 Å². The lowest BCUT2D eigenvalue weighted by molar-refractivity contribution is 0.262. The van der Waals surface area contributed by atoms with E-state index in [1.165, 1.54) is 39.2 Å². The van der Waals surface area contributed by atoms with Gasteiger partial charge in [0.25, 0.3) is 0 Å². The van der Waals surface area contributed by atoms with Gasteiger partial charge in [0.05, 0.1) is 24.2 Å². The topological polar surface area (TPSA) is 47.3 Å². The maximum Gasteiger partial charge on any atom is 0.118 e. The summed E-state index contributed by atoms with van der Waals surface area (Å²) in [6.07, 6.45) is 4.22. The lowest BCUT2D eigenvalue weighted by Gasteiger charge is -2.13. The van der Waals surface area contributed by atoms with E-state index in [0.717, 1.165) is 42.7 Å². The van der Waals surface area contributed by atoms with Crippen molar-refractivity contribution in [3.05, 3.63) is 114 Å². The Hall–Kier alpha value is -4.15. The number of aliphatic hydroxyl groups is 1. The zero-order valence-corrected chi connectivity index (χ0v) is 22.8. The Balaban J connectivity index is 1.27. The highest BCUT2D eigenvalue weighted by atomic mass is 16.5. The molecule has 4 nitrogen and oxygen atoms in total. The Morgan fingerprint density at radius 1 is 0.700 bits per heavy atom. The molecule has 2 aliphatic carbocycles. The summed E-state index contributed by atoms with van der Waals surface area (Å²) < 4.78 is 7.49. The molecule has 3 atom stereocenters. The van der Waals surface area contributed by atoms with E-state index in [0.29, 0.717) is 24.4 Å². The van der Waals surface area contributed by atoms with Crippen molar-refractivity contribution in [1.82, 2.24) is 9.78 Å². The van der Waals surface area contributed by atoms with Crippen molar-refractivity contribution >= 4 is 0 Å². The molecule has 2 aliphatic rings. The lowest BCUT2D eigenvalue weighted by Crippen LogP contribution is -2.01. The molecule has 1 saturated carbocycles. The van der Waals surface area contributed by atoms with Crippen LogP contribution in [0.5, 0.6) is 5.75 Å². The number of hydrogen-bond acceptors (Lipinski definition) is 3. The van der Waals surface area contributed by atoms with E-state index in [2.05, 4.69) is 95.7 Å². The zero-order chi connectivity index (χ0) is 27.1. The van der Waals surface area contributed by atoms with E-state index in [-0.39, 0.29) is 0 Å². The first-order chi connectivity index (χ1) is 19.7. The standard InChI is InChI=1S/C36H34N2O2/c1-40-30-17-13-27(14-18-30)26-11-15-29(16-12-26)38-36(28-9-7-25(8-10-28)24-5-3-2-4-6-24)33-20-19-31-32(34(31)23-39)21-22-35(33)37-38/h2-18,31-32,34,39H,19-23H2,1H3/t31-,32+,34-/m1/s1. The third-order valence-corrected chi connectivity index (χ3v) is 9.03. The summed E-state index contributed by atoms with van der Waals surface area (Å²) in [6.45, 7) is 0.321. The molecule has 7 rings (SSSR count). The average Bonchev–Trinajstić information content (AvgIpc) is 3.57. The molecule has 0 radical (unpaired) electrons. The lowest BCUT2D eigenvalue weighted by atomic mass is 9.94. The van der Waals surface area contributed by atoms with E-state index in [4.69, 9.17) is 9.84 Å². The predicted octanol–water partition coefficient (Wildman–Crippen LogP) is 7.62. The number of rotatable bonds is 6. The van der Waals surface area contributed by atoms with Crippen molar-refractivity contribution in [2.24, 2.45) is 17.8 Å². The molecule has 0 aliphatic heterocycles. The van der Waals surface area contributed by atoms with Crippen LogP contribution in [0, 0.1) is 17.8 Å². The van der Waals surface area contributed by atoms with Gasteiger partial charge in [0.2, 0.25) is 0 Å². The fraction of sp³-hybridized carbons (Fsp3) is 0.250. The van der Waals surface area contributed by atoms with Crippen LogP contribution in [0.3, 0.4) is 0 Å². The molecule has 0 bridgehead atoms. The second-order valence-corrected chi connectivity index (χ2v) is 11.2. The fourth-order valence-corrected chi connectivity index (χ4v) is 6.74. The van der Waals surface area contributed by atoms with Gasteiger partial charge in [-0.2, -0.15) is 5.10 Å². The van der Waals surface area contributed by atoms with Gasteiger partial charge < -0.3 is 9.84 Å². The molecule has 1 aromatic heterocycles. The minimum Gasteiger partial charge on any atom is -0.497 e. The molecule has 4 aromatic carbocycles. The number of aryl methyl sites for hydroxylation is 1. The second kappa shape index (κ2) is 10.4. The molecule has 4 heteroatoms. The zero-order valence-electron chi connectivity index (χ0n) is 22.8. The summed E-state index contributed by atoms with van der Waals surface area (Å²) >= 11 is 0. The van der Waals surface area contributed by atoms with Gasteiger partial charge in [-0.3, -0.25) is 0 Å². The largest absolute Gasteiger partial charge is 0.497 e. The highest BCUT2D eigenvalue weighted by Crippen LogP contribution is 2.53. The summed E-state index contributed by atoms with van der Waals surface area (Å²) in [5.41, 5.74) is 10.8. The van der Waals surface area contributed by atoms with Crippen LogP contribution in [0.1, 0.15) is 24.1 Å². The van der Waals surface area contributed by atoms with Crippen LogP contribution in [0.15, 0.2) is 103 Å². The molecular weight excluding hydrogens is 492 g/mol. The van der Waals surface area contributed by atoms with Gasteiger partial charge in [0, 0.05) is 17.7 Å². The van der Waals surface area contributed by atoms with Gasteiger partial charge in [-0.05, 0) is 90.0 Å². The van der Waals surface area contributed by atoms with Crippen molar-refractivity contribution in [2.75, 3.05) is 13.7 Å². The minimum atomic E-state index is 0.321. The summed E-state index contributed by atoms with van der Waals surface area (Å²) in [4.78, 5) is 0. The Bertz CT molecular complexity index is 1600. The number of methoxy groups -OCH3 is 1. The normalized spacial score (nSPS) is 19.7. The Morgan fingerprint density at radius 3 is 1.88 bits per heavy atom. The van der Waals surface area contributed by atoms with Crippen molar-refractivity contribution in [1.29, 1.82) is 0 Å². The van der Waals surface area contributed by atoms with E-state index < -0.39 is 0 Å². The van der Waals surface area contributed by atoms with Crippen molar-refractivity contribution in [3.63, 3.8) is 0 Å². The molecule has 1 heterocycles. The summed E-state index contributed by atoms with van der Waals surface area (Å²) in [7, 11) is 1.69. The number of hydrogen-bond donors (Lipinski definition) is 1. The van der Waals surface area contributed by atoms with E-state index in [1.54, 1.807) is 7.11 Å². The number of aromatic nitrogens is 2. The van der Waals surface area contributed by atoms with Crippen molar-refractivity contribution < 1.29 is 9.84 Å². The molecule has 1 fully saturated rings. The van der Waals surface area contributed by atoms with Crippen LogP contribution < -0.4 is 4.74 Å². The number of nitrogens with zero attached hydrogens (tertiary/aromatic N) is 2. The van der Waals surface area contributed by atoms with E-state index in [1.807, 2.05) is 12.1 Å². The SMILES string of the molecule is COc1ccc(-c2ccc(-n3nc4c(c3-c3ccc(-c5ccccc5)cc3)CC[C@H]3[C@@H](CO)[C@H]3CC4)cc2)cc1. The Morgan fingerprint density at radius 2 is 1.25 bits per heavy atom. The molecule has 0 unspecified atom stereocenters. The first-order valence-corrected chi connectivity index (χ1v) is 14.4. The number of aliphatic hydroxyl groups excluding tert-OH is 1. The molecule has 0 spiro atoms. The third kappa shape index (κ3) is 4.52. The minimum absolute atomic E-state index is 0.321. The second-order valence-electron chi connectivity index (χ2n) is 11.2. The van der Waals surface area contributed by atoms with Gasteiger partial charge in [-0.15, -0.1) is 0 Å². The smallest absolute Gasteiger partial charge is 0.118 e. The molecule has 40 heavy (non-hydrogen) atoms.